The quantitative estimate of drug-likeness (QED) is 0.404. The molecular formula is C22H18NO+. The van der Waals surface area contributed by atoms with E-state index in [1.165, 1.54) is 5.39 Å². The predicted molar refractivity (Wildman–Crippen MR) is 97.2 cm³/mol. The lowest BCUT2D eigenvalue weighted by Crippen LogP contribution is -2.40. The normalized spacial score (nSPS) is 11.0. The fourth-order valence-electron chi connectivity index (χ4n) is 3.12. The van der Waals surface area contributed by atoms with Crippen LogP contribution in [0, 0.1) is 6.92 Å². The minimum absolute atomic E-state index is 0.129. The summed E-state index contributed by atoms with van der Waals surface area (Å²) in [6.07, 6.45) is 2.06. The Labute approximate surface area is 141 Å². The molecule has 116 valence electrons. The maximum atomic E-state index is 12.7. The van der Waals surface area contributed by atoms with Crippen LogP contribution < -0.4 is 4.57 Å². The summed E-state index contributed by atoms with van der Waals surface area (Å²) in [5.41, 5.74) is 1.84. The summed E-state index contributed by atoms with van der Waals surface area (Å²) in [5.74, 6) is 0.129. The van der Waals surface area contributed by atoms with Gasteiger partial charge in [-0.15, -0.1) is 0 Å². The lowest BCUT2D eigenvalue weighted by molar-refractivity contribution is -0.687. The highest BCUT2D eigenvalue weighted by atomic mass is 16.1. The molecule has 3 aromatic carbocycles. The maximum Gasteiger partial charge on any atom is 0.227 e. The summed E-state index contributed by atoms with van der Waals surface area (Å²) in [4.78, 5) is 12.7. The number of carbonyl (C=O) groups is 1. The molecule has 0 unspecified atom stereocenters. The molecule has 2 nitrogen and oxygen atoms in total. The van der Waals surface area contributed by atoms with Gasteiger partial charge in [-0.1, -0.05) is 54.6 Å². The molecule has 0 radical (unpaired) electrons. The number of fused-ring (bicyclic) bond motifs is 2. The smallest absolute Gasteiger partial charge is 0.227 e. The highest BCUT2D eigenvalue weighted by Gasteiger charge is 2.16. The van der Waals surface area contributed by atoms with Crippen LogP contribution in [0.5, 0.6) is 0 Å². The van der Waals surface area contributed by atoms with Crippen LogP contribution in [-0.2, 0) is 6.54 Å². The van der Waals surface area contributed by atoms with Crippen LogP contribution in [-0.4, -0.2) is 5.78 Å². The van der Waals surface area contributed by atoms with Crippen molar-refractivity contribution in [2.45, 2.75) is 13.5 Å². The number of benzene rings is 3. The number of hydrogen-bond acceptors (Lipinski definition) is 1. The van der Waals surface area contributed by atoms with Gasteiger partial charge < -0.3 is 0 Å². The highest BCUT2D eigenvalue weighted by molar-refractivity contribution is 5.99. The molecule has 0 bridgehead atoms. The molecule has 0 N–H and O–H groups in total. The van der Waals surface area contributed by atoms with E-state index in [0.29, 0.717) is 6.54 Å². The van der Waals surface area contributed by atoms with Gasteiger partial charge in [-0.25, -0.2) is 0 Å². The summed E-state index contributed by atoms with van der Waals surface area (Å²) in [7, 11) is 0. The summed E-state index contributed by atoms with van der Waals surface area (Å²) in [6, 6.07) is 24.4. The number of aromatic nitrogens is 1. The number of carbonyl (C=O) groups excluding carboxylic acids is 1. The molecule has 0 fully saturated rings. The van der Waals surface area contributed by atoms with E-state index < -0.39 is 0 Å². The summed E-state index contributed by atoms with van der Waals surface area (Å²) in [5, 5.41) is 4.60. The summed E-state index contributed by atoms with van der Waals surface area (Å²) in [6.45, 7) is 2.40. The average Bonchev–Trinajstić information content (AvgIpc) is 2.62. The van der Waals surface area contributed by atoms with Crippen molar-refractivity contribution in [1.29, 1.82) is 0 Å². The molecule has 0 amide bonds. The van der Waals surface area contributed by atoms with Crippen molar-refractivity contribution in [3.05, 3.63) is 90.3 Å². The summed E-state index contributed by atoms with van der Waals surface area (Å²) >= 11 is 0. The van der Waals surface area contributed by atoms with Crippen molar-refractivity contribution < 1.29 is 9.36 Å². The van der Waals surface area contributed by atoms with Crippen LogP contribution in [0.15, 0.2) is 79.0 Å². The molecule has 0 aliphatic rings. The van der Waals surface area contributed by atoms with Crippen molar-refractivity contribution in [2.75, 3.05) is 0 Å². The number of nitrogens with zero attached hydrogens (tertiary/aromatic N) is 1. The largest absolute Gasteiger partial charge is 0.287 e. The number of pyridine rings is 1. The van der Waals surface area contributed by atoms with Gasteiger partial charge in [0.05, 0.1) is 0 Å². The van der Waals surface area contributed by atoms with Gasteiger partial charge in [-0.3, -0.25) is 4.79 Å². The number of hydrogen-bond donors (Lipinski definition) is 0. The topological polar surface area (TPSA) is 20.9 Å². The van der Waals surface area contributed by atoms with Crippen molar-refractivity contribution in [3.8, 4) is 0 Å². The summed E-state index contributed by atoms with van der Waals surface area (Å²) < 4.78 is 2.03. The predicted octanol–water partition coefficient (Wildman–Crippen LogP) is 4.47. The van der Waals surface area contributed by atoms with E-state index in [2.05, 4.69) is 30.5 Å². The van der Waals surface area contributed by atoms with Crippen molar-refractivity contribution in [2.24, 2.45) is 0 Å². The molecule has 1 aromatic heterocycles. The van der Waals surface area contributed by atoms with Crippen molar-refractivity contribution in [1.82, 2.24) is 0 Å². The maximum absolute atomic E-state index is 12.7. The molecule has 0 saturated carbocycles. The van der Waals surface area contributed by atoms with Crippen LogP contribution >= 0.6 is 0 Å². The van der Waals surface area contributed by atoms with Crippen LogP contribution in [0.1, 0.15) is 16.1 Å². The van der Waals surface area contributed by atoms with Crippen LogP contribution in [0.4, 0.5) is 0 Å². The van der Waals surface area contributed by atoms with Gasteiger partial charge in [-0.05, 0) is 28.3 Å². The Morgan fingerprint density at radius 2 is 1.42 bits per heavy atom. The van der Waals surface area contributed by atoms with Gasteiger partial charge in [0, 0.05) is 23.9 Å². The zero-order valence-corrected chi connectivity index (χ0v) is 13.6. The van der Waals surface area contributed by atoms with E-state index in [-0.39, 0.29) is 5.78 Å². The molecular weight excluding hydrogens is 294 g/mol. The fourth-order valence-corrected chi connectivity index (χ4v) is 3.12. The Balaban J connectivity index is 1.68. The third-order valence-corrected chi connectivity index (χ3v) is 4.49. The fraction of sp³-hybridized carbons (Fsp3) is 0.0909. The van der Waals surface area contributed by atoms with E-state index in [0.717, 1.165) is 27.4 Å². The Kier molecular flexibility index (Phi) is 3.58. The second-order valence-corrected chi connectivity index (χ2v) is 6.16. The van der Waals surface area contributed by atoms with Gasteiger partial charge in [0.2, 0.25) is 12.3 Å². The molecule has 4 aromatic rings. The molecule has 1 heterocycles. The molecule has 2 heteroatoms. The zero-order valence-electron chi connectivity index (χ0n) is 13.6. The van der Waals surface area contributed by atoms with E-state index in [4.69, 9.17) is 0 Å². The van der Waals surface area contributed by atoms with Gasteiger partial charge in [0.25, 0.3) is 0 Å². The van der Waals surface area contributed by atoms with Gasteiger partial charge in [0.1, 0.15) is 0 Å². The molecule has 0 aliphatic heterocycles. The Bertz CT molecular complexity index is 1070. The first-order chi connectivity index (χ1) is 11.7. The van der Waals surface area contributed by atoms with E-state index in [9.17, 15) is 4.79 Å². The number of aryl methyl sites for hydroxylation is 1. The highest BCUT2D eigenvalue weighted by Crippen LogP contribution is 2.16. The molecule has 4 rings (SSSR count). The lowest BCUT2D eigenvalue weighted by atomic mass is 10.0. The number of ketones is 1. The Morgan fingerprint density at radius 1 is 0.792 bits per heavy atom. The first-order valence-electron chi connectivity index (χ1n) is 8.11. The first-order valence-corrected chi connectivity index (χ1v) is 8.11. The minimum Gasteiger partial charge on any atom is -0.287 e. The average molecular weight is 312 g/mol. The minimum atomic E-state index is 0.129. The van der Waals surface area contributed by atoms with E-state index in [1.54, 1.807) is 0 Å². The molecule has 0 atom stereocenters. The van der Waals surface area contributed by atoms with Crippen LogP contribution in [0.2, 0.25) is 0 Å². The second-order valence-electron chi connectivity index (χ2n) is 6.16. The van der Waals surface area contributed by atoms with Gasteiger partial charge in [0.15, 0.2) is 11.9 Å². The SMILES string of the molecule is Cc1cc2ccccc2c[n+]1CC(=O)c1ccc2ccccc2c1. The van der Waals surface area contributed by atoms with Crippen molar-refractivity contribution in [3.63, 3.8) is 0 Å². The van der Waals surface area contributed by atoms with Gasteiger partial charge >= 0.3 is 0 Å². The third-order valence-electron chi connectivity index (χ3n) is 4.49. The Hall–Kier alpha value is -3.00. The number of Topliss-reactive ketones (excluding diaryl/α,β-unsaturated/α-hetero) is 1. The van der Waals surface area contributed by atoms with Crippen LogP contribution in [0.3, 0.4) is 0 Å². The monoisotopic (exact) mass is 312 g/mol. The Morgan fingerprint density at radius 3 is 2.17 bits per heavy atom. The van der Waals surface area contributed by atoms with Crippen LogP contribution in [0.25, 0.3) is 21.5 Å². The first kappa shape index (κ1) is 14.6. The molecule has 0 aliphatic carbocycles. The standard InChI is InChI=1S/C22H18NO/c1-16-12-18-7-4-5-9-21(18)14-23(16)15-22(24)20-11-10-17-6-2-3-8-19(17)13-20/h2-14H,15H2,1H3/q+1. The molecule has 0 saturated heterocycles. The number of rotatable bonds is 3. The molecule has 0 spiro atoms. The molecule has 24 heavy (non-hydrogen) atoms. The van der Waals surface area contributed by atoms with Crippen molar-refractivity contribution >= 4 is 27.3 Å². The van der Waals surface area contributed by atoms with E-state index in [1.807, 2.05) is 60.0 Å². The van der Waals surface area contributed by atoms with Gasteiger partial charge in [-0.2, -0.15) is 4.57 Å². The second kappa shape index (κ2) is 5.89. The zero-order chi connectivity index (χ0) is 16.5. The van der Waals surface area contributed by atoms with E-state index >= 15 is 0 Å². The lowest BCUT2D eigenvalue weighted by Gasteiger charge is -2.04. The third kappa shape index (κ3) is 2.67.